The average molecular weight is 284 g/mol. The van der Waals surface area contributed by atoms with Crippen LogP contribution in [0.3, 0.4) is 0 Å². The maximum Gasteiger partial charge on any atom is 0.242 e. The van der Waals surface area contributed by atoms with Crippen molar-refractivity contribution in [3.63, 3.8) is 0 Å². The quantitative estimate of drug-likeness (QED) is 0.839. The summed E-state index contributed by atoms with van der Waals surface area (Å²) in [4.78, 5) is 2.35. The SMILES string of the molecule is CCNS(=O)(=O)c1ccccc1N1CCC(CO)C1. The van der Waals surface area contributed by atoms with Crippen molar-refractivity contribution in [3.05, 3.63) is 24.3 Å². The Labute approximate surface area is 114 Å². The van der Waals surface area contributed by atoms with Crippen molar-refractivity contribution < 1.29 is 13.5 Å². The van der Waals surface area contributed by atoms with Crippen molar-refractivity contribution >= 4 is 15.7 Å². The number of hydrogen-bond donors (Lipinski definition) is 2. The van der Waals surface area contributed by atoms with Crippen LogP contribution in [-0.2, 0) is 10.0 Å². The minimum absolute atomic E-state index is 0.151. The van der Waals surface area contributed by atoms with Crippen LogP contribution in [-0.4, -0.2) is 39.8 Å². The average Bonchev–Trinajstić information content (AvgIpc) is 2.87. The Bertz CT molecular complexity index is 530. The molecule has 106 valence electrons. The second-order valence-corrected chi connectivity index (χ2v) is 6.49. The molecule has 0 spiro atoms. The first-order valence-corrected chi connectivity index (χ1v) is 8.01. The summed E-state index contributed by atoms with van der Waals surface area (Å²) in [5.74, 6) is 0.231. The van der Waals surface area contributed by atoms with E-state index in [9.17, 15) is 13.5 Å². The highest BCUT2D eigenvalue weighted by Gasteiger charge is 2.26. The molecule has 1 unspecified atom stereocenters. The molecule has 2 rings (SSSR count). The number of aliphatic hydroxyl groups excluding tert-OH is 1. The van der Waals surface area contributed by atoms with E-state index in [-0.39, 0.29) is 12.5 Å². The van der Waals surface area contributed by atoms with Gasteiger partial charge in [0.15, 0.2) is 0 Å². The highest BCUT2D eigenvalue weighted by Crippen LogP contribution is 2.29. The number of sulfonamides is 1. The molecule has 0 aromatic heterocycles. The van der Waals surface area contributed by atoms with Gasteiger partial charge in [-0.1, -0.05) is 19.1 Å². The van der Waals surface area contributed by atoms with Crippen LogP contribution >= 0.6 is 0 Å². The van der Waals surface area contributed by atoms with Crippen LogP contribution in [0, 0.1) is 5.92 Å². The summed E-state index contributed by atoms with van der Waals surface area (Å²) in [6, 6.07) is 7.02. The van der Waals surface area contributed by atoms with Gasteiger partial charge < -0.3 is 10.0 Å². The number of nitrogens with zero attached hydrogens (tertiary/aromatic N) is 1. The van der Waals surface area contributed by atoms with E-state index in [4.69, 9.17) is 0 Å². The normalized spacial score (nSPS) is 19.9. The van der Waals surface area contributed by atoms with Gasteiger partial charge in [0.2, 0.25) is 10.0 Å². The van der Waals surface area contributed by atoms with E-state index in [0.717, 1.165) is 18.7 Å². The molecule has 0 radical (unpaired) electrons. The van der Waals surface area contributed by atoms with Crippen molar-refractivity contribution in [2.45, 2.75) is 18.2 Å². The summed E-state index contributed by atoms with van der Waals surface area (Å²) in [6.45, 7) is 3.77. The Hall–Kier alpha value is -1.11. The molecule has 1 atom stereocenters. The van der Waals surface area contributed by atoms with Crippen LogP contribution in [0.2, 0.25) is 0 Å². The van der Waals surface area contributed by atoms with Gasteiger partial charge in [-0.2, -0.15) is 0 Å². The largest absolute Gasteiger partial charge is 0.396 e. The predicted octanol–water partition coefficient (Wildman–Crippen LogP) is 0.803. The first kappa shape index (κ1) is 14.3. The minimum Gasteiger partial charge on any atom is -0.396 e. The summed E-state index contributed by atoms with van der Waals surface area (Å²) >= 11 is 0. The van der Waals surface area contributed by atoms with Gasteiger partial charge in [-0.25, -0.2) is 13.1 Å². The number of anilines is 1. The summed E-state index contributed by atoms with van der Waals surface area (Å²) < 4.78 is 26.9. The molecule has 1 saturated heterocycles. The van der Waals surface area contributed by atoms with E-state index in [0.29, 0.717) is 18.0 Å². The third-order valence-electron chi connectivity index (χ3n) is 3.37. The third-order valence-corrected chi connectivity index (χ3v) is 4.97. The predicted molar refractivity (Wildman–Crippen MR) is 74.7 cm³/mol. The van der Waals surface area contributed by atoms with E-state index in [1.54, 1.807) is 19.1 Å². The fraction of sp³-hybridized carbons (Fsp3) is 0.538. The van der Waals surface area contributed by atoms with Crippen LogP contribution in [0.4, 0.5) is 5.69 Å². The van der Waals surface area contributed by atoms with Crippen molar-refractivity contribution in [2.75, 3.05) is 31.1 Å². The van der Waals surface area contributed by atoms with Crippen molar-refractivity contribution in [3.8, 4) is 0 Å². The number of benzene rings is 1. The number of nitrogens with one attached hydrogen (secondary N) is 1. The maximum absolute atomic E-state index is 12.2. The van der Waals surface area contributed by atoms with Crippen molar-refractivity contribution in [1.29, 1.82) is 0 Å². The highest BCUT2D eigenvalue weighted by molar-refractivity contribution is 7.89. The molecule has 0 bridgehead atoms. The summed E-state index contributed by atoms with van der Waals surface area (Å²) in [6.07, 6.45) is 0.895. The lowest BCUT2D eigenvalue weighted by molar-refractivity contribution is 0.238. The molecule has 1 aliphatic rings. The van der Waals surface area contributed by atoms with E-state index < -0.39 is 10.0 Å². The Morgan fingerprint density at radius 2 is 2.16 bits per heavy atom. The molecule has 1 aliphatic heterocycles. The van der Waals surface area contributed by atoms with E-state index in [1.807, 2.05) is 17.0 Å². The second-order valence-electron chi connectivity index (χ2n) is 4.75. The fourth-order valence-corrected chi connectivity index (χ4v) is 3.68. The monoisotopic (exact) mass is 284 g/mol. The Kier molecular flexibility index (Phi) is 4.44. The first-order valence-electron chi connectivity index (χ1n) is 6.53. The zero-order chi connectivity index (χ0) is 13.9. The first-order chi connectivity index (χ1) is 9.08. The van der Waals surface area contributed by atoms with E-state index >= 15 is 0 Å². The number of hydrogen-bond acceptors (Lipinski definition) is 4. The van der Waals surface area contributed by atoms with Gasteiger partial charge in [0.25, 0.3) is 0 Å². The van der Waals surface area contributed by atoms with Gasteiger partial charge in [-0.05, 0) is 18.6 Å². The molecule has 1 fully saturated rings. The van der Waals surface area contributed by atoms with Gasteiger partial charge in [-0.15, -0.1) is 0 Å². The molecule has 2 N–H and O–H groups in total. The topological polar surface area (TPSA) is 69.6 Å². The summed E-state index contributed by atoms with van der Waals surface area (Å²) in [7, 11) is -3.46. The lowest BCUT2D eigenvalue weighted by Gasteiger charge is -2.21. The second kappa shape index (κ2) is 5.90. The van der Waals surface area contributed by atoms with Gasteiger partial charge in [0.05, 0.1) is 5.69 Å². The highest BCUT2D eigenvalue weighted by atomic mass is 32.2. The number of rotatable bonds is 5. The van der Waals surface area contributed by atoms with E-state index in [2.05, 4.69) is 4.72 Å². The lowest BCUT2D eigenvalue weighted by atomic mass is 10.1. The van der Waals surface area contributed by atoms with E-state index in [1.165, 1.54) is 0 Å². The Morgan fingerprint density at radius 3 is 2.79 bits per heavy atom. The molecule has 19 heavy (non-hydrogen) atoms. The van der Waals surface area contributed by atoms with Gasteiger partial charge in [0.1, 0.15) is 4.90 Å². The Balaban J connectivity index is 2.32. The molecule has 0 saturated carbocycles. The molecular formula is C13H20N2O3S. The Morgan fingerprint density at radius 1 is 1.42 bits per heavy atom. The fourth-order valence-electron chi connectivity index (χ4n) is 2.41. The molecule has 0 amide bonds. The molecule has 0 aliphatic carbocycles. The smallest absolute Gasteiger partial charge is 0.242 e. The number of para-hydroxylation sites is 1. The molecule has 1 heterocycles. The number of aliphatic hydroxyl groups is 1. The zero-order valence-corrected chi connectivity index (χ0v) is 11.9. The standard InChI is InChI=1S/C13H20N2O3S/c1-2-14-19(17,18)13-6-4-3-5-12(13)15-8-7-11(9-15)10-16/h3-6,11,14,16H,2,7-10H2,1H3. The molecular weight excluding hydrogens is 264 g/mol. The third kappa shape index (κ3) is 3.08. The van der Waals surface area contributed by atoms with Crippen LogP contribution < -0.4 is 9.62 Å². The van der Waals surface area contributed by atoms with Gasteiger partial charge >= 0.3 is 0 Å². The van der Waals surface area contributed by atoms with Crippen LogP contribution in [0.15, 0.2) is 29.2 Å². The lowest BCUT2D eigenvalue weighted by Crippen LogP contribution is -2.27. The van der Waals surface area contributed by atoms with Crippen molar-refractivity contribution in [2.24, 2.45) is 5.92 Å². The summed E-state index contributed by atoms with van der Waals surface area (Å²) in [5.41, 5.74) is 0.722. The van der Waals surface area contributed by atoms with Crippen LogP contribution in [0.5, 0.6) is 0 Å². The molecule has 1 aromatic carbocycles. The van der Waals surface area contributed by atoms with Crippen molar-refractivity contribution in [1.82, 2.24) is 4.72 Å². The van der Waals surface area contributed by atoms with Gasteiger partial charge in [-0.3, -0.25) is 0 Å². The molecule has 5 nitrogen and oxygen atoms in total. The van der Waals surface area contributed by atoms with Crippen LogP contribution in [0.25, 0.3) is 0 Å². The van der Waals surface area contributed by atoms with Gasteiger partial charge in [0, 0.05) is 32.2 Å². The zero-order valence-electron chi connectivity index (χ0n) is 11.0. The molecule has 6 heteroatoms. The minimum atomic E-state index is -3.46. The maximum atomic E-state index is 12.2. The van der Waals surface area contributed by atoms with Crippen LogP contribution in [0.1, 0.15) is 13.3 Å². The molecule has 1 aromatic rings. The summed E-state index contributed by atoms with van der Waals surface area (Å²) in [5, 5.41) is 9.19.